The Kier molecular flexibility index (Phi) is 2.86. The molecule has 0 saturated heterocycles. The van der Waals surface area contributed by atoms with Crippen LogP contribution in [0.5, 0.6) is 0 Å². The predicted octanol–water partition coefficient (Wildman–Crippen LogP) is 3.24. The van der Waals surface area contributed by atoms with E-state index in [0.717, 1.165) is 16.6 Å². The van der Waals surface area contributed by atoms with Crippen molar-refractivity contribution in [2.24, 2.45) is 5.73 Å². The van der Waals surface area contributed by atoms with Gasteiger partial charge in [0.05, 0.1) is 11.0 Å². The summed E-state index contributed by atoms with van der Waals surface area (Å²) in [6.45, 7) is 2.84. The van der Waals surface area contributed by atoms with E-state index >= 15 is 0 Å². The Morgan fingerprint density at radius 1 is 1.33 bits per heavy atom. The van der Waals surface area contributed by atoms with Crippen LogP contribution in [0, 0.1) is 0 Å². The normalized spacial score (nSPS) is 18.6. The van der Waals surface area contributed by atoms with Crippen molar-refractivity contribution >= 4 is 11.0 Å². The minimum absolute atomic E-state index is 0.283. The Balaban J connectivity index is 2.13. The molecule has 18 heavy (non-hydrogen) atoms. The van der Waals surface area contributed by atoms with Crippen LogP contribution in [0.25, 0.3) is 11.0 Å². The largest absolute Gasteiger partial charge is 0.341 e. The summed E-state index contributed by atoms with van der Waals surface area (Å²) < 4.78 is 0. The Hall–Kier alpha value is -1.35. The number of aromatic nitrogens is 2. The number of hydrogen-bond acceptors (Lipinski definition) is 2. The van der Waals surface area contributed by atoms with E-state index in [1.54, 1.807) is 0 Å². The standard InChI is InChI=1S/C15H21N3/c1-2-15(8-3-4-9-15)14-17-12-7-5-6-11(10-16)13(12)18-14/h5-7H,2-4,8-10,16H2,1H3,(H,17,18). The summed E-state index contributed by atoms with van der Waals surface area (Å²) in [5, 5.41) is 0. The zero-order valence-corrected chi connectivity index (χ0v) is 11.0. The third-order valence-electron chi connectivity index (χ3n) is 4.56. The van der Waals surface area contributed by atoms with Crippen LogP contribution < -0.4 is 5.73 Å². The molecular formula is C15H21N3. The predicted molar refractivity (Wildman–Crippen MR) is 74.4 cm³/mol. The quantitative estimate of drug-likeness (QED) is 0.869. The van der Waals surface area contributed by atoms with Gasteiger partial charge in [-0.3, -0.25) is 0 Å². The van der Waals surface area contributed by atoms with Crippen LogP contribution in [0.3, 0.4) is 0 Å². The molecule has 0 spiro atoms. The zero-order chi connectivity index (χ0) is 12.6. The summed E-state index contributed by atoms with van der Waals surface area (Å²) >= 11 is 0. The number of rotatable bonds is 3. The average Bonchev–Trinajstić information content (AvgIpc) is 3.04. The number of H-pyrrole nitrogens is 1. The van der Waals surface area contributed by atoms with Crippen molar-refractivity contribution in [3.8, 4) is 0 Å². The number of hydrogen-bond donors (Lipinski definition) is 2. The molecule has 2 aromatic rings. The molecule has 1 heterocycles. The molecule has 96 valence electrons. The summed E-state index contributed by atoms with van der Waals surface area (Å²) in [5.41, 5.74) is 9.41. The molecule has 0 radical (unpaired) electrons. The van der Waals surface area contributed by atoms with Gasteiger partial charge in [-0.05, 0) is 30.9 Å². The number of nitrogens with two attached hydrogens (primary N) is 1. The molecule has 0 aliphatic heterocycles. The van der Waals surface area contributed by atoms with Crippen molar-refractivity contribution in [1.29, 1.82) is 0 Å². The first-order valence-electron chi connectivity index (χ1n) is 6.97. The number of imidazole rings is 1. The van der Waals surface area contributed by atoms with E-state index in [9.17, 15) is 0 Å². The zero-order valence-electron chi connectivity index (χ0n) is 11.0. The minimum atomic E-state index is 0.283. The second-order valence-electron chi connectivity index (χ2n) is 5.44. The van der Waals surface area contributed by atoms with Gasteiger partial charge in [-0.2, -0.15) is 0 Å². The highest BCUT2D eigenvalue weighted by Gasteiger charge is 2.36. The highest BCUT2D eigenvalue weighted by molar-refractivity contribution is 5.79. The van der Waals surface area contributed by atoms with Crippen molar-refractivity contribution in [2.45, 2.75) is 51.0 Å². The summed E-state index contributed by atoms with van der Waals surface area (Å²) in [6.07, 6.45) is 6.36. The van der Waals surface area contributed by atoms with Gasteiger partial charge in [-0.15, -0.1) is 0 Å². The summed E-state index contributed by atoms with van der Waals surface area (Å²) in [7, 11) is 0. The van der Waals surface area contributed by atoms with Crippen LogP contribution >= 0.6 is 0 Å². The van der Waals surface area contributed by atoms with Crippen LogP contribution in [0.2, 0.25) is 0 Å². The monoisotopic (exact) mass is 243 g/mol. The topological polar surface area (TPSA) is 54.7 Å². The van der Waals surface area contributed by atoms with Gasteiger partial charge in [0.2, 0.25) is 0 Å². The number of benzene rings is 1. The second kappa shape index (κ2) is 4.39. The van der Waals surface area contributed by atoms with Crippen LogP contribution in [0.15, 0.2) is 18.2 Å². The Morgan fingerprint density at radius 2 is 2.11 bits per heavy atom. The maximum Gasteiger partial charge on any atom is 0.113 e. The first kappa shape index (κ1) is 11.7. The van der Waals surface area contributed by atoms with Crippen molar-refractivity contribution < 1.29 is 0 Å². The number of fused-ring (bicyclic) bond motifs is 1. The molecule has 0 atom stereocenters. The highest BCUT2D eigenvalue weighted by Crippen LogP contribution is 2.42. The van der Waals surface area contributed by atoms with Gasteiger partial charge in [0.1, 0.15) is 5.82 Å². The molecular weight excluding hydrogens is 222 g/mol. The highest BCUT2D eigenvalue weighted by atomic mass is 14.9. The summed E-state index contributed by atoms with van der Waals surface area (Å²) in [4.78, 5) is 8.41. The summed E-state index contributed by atoms with van der Waals surface area (Å²) in [5.74, 6) is 1.18. The Labute approximate surface area is 108 Å². The van der Waals surface area contributed by atoms with E-state index in [1.165, 1.54) is 37.9 Å². The van der Waals surface area contributed by atoms with Gasteiger partial charge in [-0.1, -0.05) is 31.9 Å². The van der Waals surface area contributed by atoms with Crippen LogP contribution in [-0.4, -0.2) is 9.97 Å². The van der Waals surface area contributed by atoms with Crippen molar-refractivity contribution in [1.82, 2.24) is 9.97 Å². The van der Waals surface area contributed by atoms with Crippen LogP contribution in [-0.2, 0) is 12.0 Å². The lowest BCUT2D eigenvalue weighted by molar-refractivity contribution is 0.403. The molecule has 3 N–H and O–H groups in total. The number of nitrogens with zero attached hydrogens (tertiary/aromatic N) is 1. The molecule has 0 unspecified atom stereocenters. The van der Waals surface area contributed by atoms with E-state index in [0.29, 0.717) is 6.54 Å². The fourth-order valence-corrected chi connectivity index (χ4v) is 3.32. The maximum atomic E-state index is 5.79. The molecule has 0 bridgehead atoms. The first-order chi connectivity index (χ1) is 8.79. The SMILES string of the molecule is CCC1(c2nc3c(CN)cccc3[nH]2)CCCC1. The lowest BCUT2D eigenvalue weighted by Crippen LogP contribution is -2.22. The number of aromatic amines is 1. The molecule has 1 aliphatic rings. The molecule has 1 fully saturated rings. The smallest absolute Gasteiger partial charge is 0.113 e. The second-order valence-corrected chi connectivity index (χ2v) is 5.44. The van der Waals surface area contributed by atoms with Crippen LogP contribution in [0.1, 0.15) is 50.4 Å². The molecule has 1 aromatic heterocycles. The molecule has 3 heteroatoms. The van der Waals surface area contributed by atoms with E-state index in [4.69, 9.17) is 10.7 Å². The van der Waals surface area contributed by atoms with Gasteiger partial charge < -0.3 is 10.7 Å². The van der Waals surface area contributed by atoms with E-state index in [2.05, 4.69) is 30.1 Å². The third kappa shape index (κ3) is 1.65. The van der Waals surface area contributed by atoms with Crippen molar-refractivity contribution in [3.05, 3.63) is 29.6 Å². The molecule has 3 nitrogen and oxygen atoms in total. The van der Waals surface area contributed by atoms with Gasteiger partial charge >= 0.3 is 0 Å². The van der Waals surface area contributed by atoms with E-state index in [-0.39, 0.29) is 5.41 Å². The molecule has 1 saturated carbocycles. The van der Waals surface area contributed by atoms with Crippen LogP contribution in [0.4, 0.5) is 0 Å². The minimum Gasteiger partial charge on any atom is -0.341 e. The lowest BCUT2D eigenvalue weighted by atomic mass is 9.83. The lowest BCUT2D eigenvalue weighted by Gasteiger charge is -2.24. The maximum absolute atomic E-state index is 5.79. The van der Waals surface area contributed by atoms with Gasteiger partial charge in [0.15, 0.2) is 0 Å². The first-order valence-corrected chi connectivity index (χ1v) is 6.97. The van der Waals surface area contributed by atoms with Gasteiger partial charge in [0, 0.05) is 12.0 Å². The fraction of sp³-hybridized carbons (Fsp3) is 0.533. The number of para-hydroxylation sites is 1. The number of nitrogens with one attached hydrogen (secondary N) is 1. The molecule has 1 aliphatic carbocycles. The summed E-state index contributed by atoms with van der Waals surface area (Å²) in [6, 6.07) is 6.23. The van der Waals surface area contributed by atoms with Gasteiger partial charge in [-0.25, -0.2) is 4.98 Å². The van der Waals surface area contributed by atoms with E-state index in [1.807, 2.05) is 0 Å². The average molecular weight is 243 g/mol. The van der Waals surface area contributed by atoms with Crippen molar-refractivity contribution in [2.75, 3.05) is 0 Å². The van der Waals surface area contributed by atoms with Crippen molar-refractivity contribution in [3.63, 3.8) is 0 Å². The Morgan fingerprint density at radius 3 is 2.78 bits per heavy atom. The molecule has 3 rings (SSSR count). The van der Waals surface area contributed by atoms with E-state index < -0.39 is 0 Å². The Bertz CT molecular complexity index is 550. The third-order valence-corrected chi connectivity index (χ3v) is 4.56. The molecule has 1 aromatic carbocycles. The molecule has 0 amide bonds. The van der Waals surface area contributed by atoms with Gasteiger partial charge in [0.25, 0.3) is 0 Å². The fourth-order valence-electron chi connectivity index (χ4n) is 3.32.